The van der Waals surface area contributed by atoms with Gasteiger partial charge in [0.25, 0.3) is 0 Å². The van der Waals surface area contributed by atoms with E-state index in [0.717, 1.165) is 0 Å². The van der Waals surface area contributed by atoms with Crippen LogP contribution in [0.5, 0.6) is 0 Å². The van der Waals surface area contributed by atoms with Gasteiger partial charge in [0, 0.05) is 23.9 Å². The largest absolute Gasteiger partial charge is 0.311 e. The first-order chi connectivity index (χ1) is 7.06. The zero-order valence-corrected chi connectivity index (χ0v) is 10.1. The smallest absolute Gasteiger partial charge is 0.228 e. The van der Waals surface area contributed by atoms with Crippen LogP contribution in [0.2, 0.25) is 10.3 Å². The number of carbonyl (C=O) groups is 1. The molecular formula is C9H8Cl2N2OS. The quantitative estimate of drug-likeness (QED) is 0.623. The zero-order valence-electron chi connectivity index (χ0n) is 7.65. The highest BCUT2D eigenvalue weighted by Crippen LogP contribution is 2.27. The number of amides is 1. The predicted octanol–water partition coefficient (Wildman–Crippen LogP) is 2.42. The van der Waals surface area contributed by atoms with Crippen LogP contribution >= 0.6 is 35.8 Å². The highest BCUT2D eigenvalue weighted by molar-refractivity contribution is 7.81. The van der Waals surface area contributed by atoms with Gasteiger partial charge in [0.2, 0.25) is 5.91 Å². The van der Waals surface area contributed by atoms with E-state index in [-0.39, 0.29) is 21.5 Å². The Kier molecular flexibility index (Phi) is 3.09. The van der Waals surface area contributed by atoms with Gasteiger partial charge in [-0.1, -0.05) is 23.2 Å². The molecule has 1 unspecified atom stereocenters. The number of anilines is 1. The summed E-state index contributed by atoms with van der Waals surface area (Å²) in [4.78, 5) is 17.0. The second-order valence-corrected chi connectivity index (χ2v) is 4.84. The van der Waals surface area contributed by atoms with Crippen LogP contribution in [0.25, 0.3) is 0 Å². The van der Waals surface area contributed by atoms with Crippen molar-refractivity contribution in [3.8, 4) is 0 Å². The number of hydrogen-bond donors (Lipinski definition) is 1. The Morgan fingerprint density at radius 2 is 2.00 bits per heavy atom. The van der Waals surface area contributed by atoms with Gasteiger partial charge in [-0.3, -0.25) is 4.79 Å². The molecule has 1 saturated heterocycles. The second-order valence-electron chi connectivity index (χ2n) is 3.33. The van der Waals surface area contributed by atoms with Crippen LogP contribution in [0.1, 0.15) is 6.42 Å². The molecule has 0 spiro atoms. The number of thiol groups is 1. The second kappa shape index (κ2) is 4.20. The number of hydrogen-bond acceptors (Lipinski definition) is 3. The van der Waals surface area contributed by atoms with E-state index in [4.69, 9.17) is 23.2 Å². The molecule has 2 heterocycles. The number of halogens is 2. The topological polar surface area (TPSA) is 33.2 Å². The van der Waals surface area contributed by atoms with Crippen molar-refractivity contribution < 1.29 is 4.79 Å². The summed E-state index contributed by atoms with van der Waals surface area (Å²) >= 11 is 15.8. The van der Waals surface area contributed by atoms with E-state index in [1.807, 2.05) is 0 Å². The molecule has 1 fully saturated rings. The molecule has 1 aromatic heterocycles. The number of carbonyl (C=O) groups excluding carboxylic acids is 1. The Labute approximate surface area is 103 Å². The molecule has 6 heteroatoms. The van der Waals surface area contributed by atoms with Crippen LogP contribution in [0, 0.1) is 0 Å². The van der Waals surface area contributed by atoms with Gasteiger partial charge in [-0.05, 0) is 12.1 Å². The minimum absolute atomic E-state index is 0.0355. The first kappa shape index (κ1) is 11.0. The van der Waals surface area contributed by atoms with Gasteiger partial charge in [0.15, 0.2) is 0 Å². The van der Waals surface area contributed by atoms with Crippen molar-refractivity contribution in [1.29, 1.82) is 0 Å². The van der Waals surface area contributed by atoms with Crippen molar-refractivity contribution in [2.45, 2.75) is 11.7 Å². The molecule has 80 valence electrons. The Bertz CT molecular complexity index is 393. The van der Waals surface area contributed by atoms with Crippen LogP contribution in [-0.4, -0.2) is 22.7 Å². The van der Waals surface area contributed by atoms with Crippen molar-refractivity contribution in [3.63, 3.8) is 0 Å². The number of nitrogens with zero attached hydrogens (tertiary/aromatic N) is 2. The average molecular weight is 263 g/mol. The number of pyridine rings is 1. The third-order valence-electron chi connectivity index (χ3n) is 2.16. The van der Waals surface area contributed by atoms with E-state index >= 15 is 0 Å². The lowest BCUT2D eigenvalue weighted by atomic mass is 10.3. The normalized spacial score (nSPS) is 21.1. The van der Waals surface area contributed by atoms with E-state index in [1.165, 1.54) is 0 Å². The maximum absolute atomic E-state index is 11.6. The summed E-state index contributed by atoms with van der Waals surface area (Å²) in [6, 6.07) is 3.24. The molecule has 0 N–H and O–H groups in total. The Hall–Kier alpha value is -0.450. The molecule has 1 aliphatic heterocycles. The van der Waals surface area contributed by atoms with E-state index < -0.39 is 0 Å². The molecule has 1 amide bonds. The van der Waals surface area contributed by atoms with Crippen LogP contribution in [0.4, 0.5) is 5.69 Å². The first-order valence-electron chi connectivity index (χ1n) is 4.38. The lowest BCUT2D eigenvalue weighted by molar-refractivity contribution is -0.117. The maximum atomic E-state index is 11.6. The lowest BCUT2D eigenvalue weighted by Crippen LogP contribution is -2.24. The van der Waals surface area contributed by atoms with Gasteiger partial charge in [-0.25, -0.2) is 4.98 Å². The van der Waals surface area contributed by atoms with Crippen LogP contribution in [0.15, 0.2) is 12.1 Å². The van der Waals surface area contributed by atoms with E-state index in [9.17, 15) is 4.79 Å². The molecule has 2 rings (SSSR count). The SMILES string of the molecule is O=C1CC(S)CN1c1cc(Cl)nc(Cl)c1. The molecule has 3 nitrogen and oxygen atoms in total. The standard InChI is InChI=1S/C9H8Cl2N2OS/c10-7-1-5(2-8(11)12-7)13-4-6(15)3-9(13)14/h1-2,6,15H,3-4H2. The van der Waals surface area contributed by atoms with Crippen LogP contribution in [0.3, 0.4) is 0 Å². The maximum Gasteiger partial charge on any atom is 0.228 e. The van der Waals surface area contributed by atoms with Gasteiger partial charge in [-0.2, -0.15) is 12.6 Å². The van der Waals surface area contributed by atoms with Crippen molar-refractivity contribution >= 4 is 47.4 Å². The molecular weight excluding hydrogens is 255 g/mol. The minimum atomic E-state index is 0.0355. The molecule has 0 aliphatic carbocycles. The van der Waals surface area contributed by atoms with Crippen molar-refractivity contribution in [3.05, 3.63) is 22.4 Å². The molecule has 1 aliphatic rings. The molecule has 15 heavy (non-hydrogen) atoms. The van der Waals surface area contributed by atoms with Crippen molar-refractivity contribution in [1.82, 2.24) is 4.98 Å². The van der Waals surface area contributed by atoms with Crippen LogP contribution < -0.4 is 4.90 Å². The summed E-state index contributed by atoms with van der Waals surface area (Å²) in [5.74, 6) is 0.0355. The molecule has 1 aromatic rings. The Morgan fingerprint density at radius 3 is 2.47 bits per heavy atom. The van der Waals surface area contributed by atoms with Gasteiger partial charge in [0.05, 0.1) is 0 Å². The van der Waals surface area contributed by atoms with Crippen molar-refractivity contribution in [2.24, 2.45) is 0 Å². The lowest BCUT2D eigenvalue weighted by Gasteiger charge is -2.16. The highest BCUT2D eigenvalue weighted by atomic mass is 35.5. The van der Waals surface area contributed by atoms with E-state index in [2.05, 4.69) is 17.6 Å². The fourth-order valence-electron chi connectivity index (χ4n) is 1.55. The van der Waals surface area contributed by atoms with Gasteiger partial charge in [-0.15, -0.1) is 0 Å². The summed E-state index contributed by atoms with van der Waals surface area (Å²) in [6.07, 6.45) is 0.445. The fraction of sp³-hybridized carbons (Fsp3) is 0.333. The third-order valence-corrected chi connectivity index (χ3v) is 2.90. The third kappa shape index (κ3) is 2.38. The zero-order chi connectivity index (χ0) is 11.0. The summed E-state index contributed by atoms with van der Waals surface area (Å²) < 4.78 is 0. The van der Waals surface area contributed by atoms with Crippen LogP contribution in [-0.2, 0) is 4.79 Å². The van der Waals surface area contributed by atoms with E-state index in [0.29, 0.717) is 18.7 Å². The van der Waals surface area contributed by atoms with E-state index in [1.54, 1.807) is 17.0 Å². The first-order valence-corrected chi connectivity index (χ1v) is 5.65. The molecule has 0 radical (unpaired) electrons. The van der Waals surface area contributed by atoms with Gasteiger partial charge in [0.1, 0.15) is 10.3 Å². The summed E-state index contributed by atoms with van der Waals surface area (Å²) in [5.41, 5.74) is 0.682. The predicted molar refractivity (Wildman–Crippen MR) is 64.0 cm³/mol. The Morgan fingerprint density at radius 1 is 1.40 bits per heavy atom. The summed E-state index contributed by atoms with van der Waals surface area (Å²) in [6.45, 7) is 0.582. The van der Waals surface area contributed by atoms with Crippen molar-refractivity contribution in [2.75, 3.05) is 11.4 Å². The molecule has 0 bridgehead atoms. The number of rotatable bonds is 1. The van der Waals surface area contributed by atoms with Gasteiger partial charge >= 0.3 is 0 Å². The van der Waals surface area contributed by atoms with Gasteiger partial charge < -0.3 is 4.90 Å². The number of aromatic nitrogens is 1. The molecule has 1 atom stereocenters. The Balaban J connectivity index is 2.33. The monoisotopic (exact) mass is 262 g/mol. The summed E-state index contributed by atoms with van der Waals surface area (Å²) in [7, 11) is 0. The summed E-state index contributed by atoms with van der Waals surface area (Å²) in [5, 5.41) is 0.643. The molecule has 0 aromatic carbocycles. The minimum Gasteiger partial charge on any atom is -0.311 e. The highest BCUT2D eigenvalue weighted by Gasteiger charge is 2.28. The molecule has 0 saturated carbocycles. The fourth-order valence-corrected chi connectivity index (χ4v) is 2.31. The average Bonchev–Trinajstić information content (AvgIpc) is 2.43.